The molecule has 0 fully saturated rings. The predicted molar refractivity (Wildman–Crippen MR) is 118 cm³/mol. The maximum absolute atomic E-state index is 12.2. The van der Waals surface area contributed by atoms with E-state index >= 15 is 0 Å². The molecule has 0 aliphatic heterocycles. The number of unbranched alkanes of at least 4 members (excludes halogenated alkanes) is 1. The normalized spacial score (nSPS) is 10.8. The van der Waals surface area contributed by atoms with Crippen LogP contribution in [-0.4, -0.2) is 26.7 Å². The summed E-state index contributed by atoms with van der Waals surface area (Å²) >= 11 is 0. The number of rotatable bonds is 10. The maximum atomic E-state index is 12.2. The lowest BCUT2D eigenvalue weighted by Crippen LogP contribution is -2.12. The zero-order chi connectivity index (χ0) is 21.9. The fraction of sp³-hybridized carbons (Fsp3) is 0.333. The van der Waals surface area contributed by atoms with Gasteiger partial charge in [0.25, 0.3) is 0 Å². The SMILES string of the molecule is CCCCC(=O)Nc1cc(C(=CC#N)c2ccc(OC)c(OCC)c2)ccc1OC. The number of anilines is 1. The van der Waals surface area contributed by atoms with Gasteiger partial charge < -0.3 is 19.5 Å². The molecule has 0 bridgehead atoms. The third-order valence-corrected chi connectivity index (χ3v) is 4.53. The monoisotopic (exact) mass is 408 g/mol. The van der Waals surface area contributed by atoms with Crippen molar-refractivity contribution in [1.82, 2.24) is 0 Å². The molecule has 2 aromatic rings. The maximum Gasteiger partial charge on any atom is 0.224 e. The Kier molecular flexibility index (Phi) is 8.76. The first kappa shape index (κ1) is 22.8. The molecule has 0 saturated carbocycles. The highest BCUT2D eigenvalue weighted by atomic mass is 16.5. The van der Waals surface area contributed by atoms with E-state index in [1.165, 1.54) is 6.08 Å². The smallest absolute Gasteiger partial charge is 0.224 e. The second-order valence-electron chi connectivity index (χ2n) is 6.55. The van der Waals surface area contributed by atoms with E-state index in [4.69, 9.17) is 14.2 Å². The molecule has 1 N–H and O–H groups in total. The van der Waals surface area contributed by atoms with E-state index in [0.29, 0.717) is 41.5 Å². The first-order valence-electron chi connectivity index (χ1n) is 9.97. The fourth-order valence-electron chi connectivity index (χ4n) is 3.03. The van der Waals surface area contributed by atoms with E-state index in [-0.39, 0.29) is 5.91 Å². The van der Waals surface area contributed by atoms with Crippen molar-refractivity contribution in [2.45, 2.75) is 33.1 Å². The van der Waals surface area contributed by atoms with Crippen molar-refractivity contribution in [3.8, 4) is 23.3 Å². The minimum absolute atomic E-state index is 0.0683. The Balaban J connectivity index is 2.47. The molecule has 6 nitrogen and oxygen atoms in total. The summed E-state index contributed by atoms with van der Waals surface area (Å²) in [6.07, 6.45) is 3.68. The number of nitrogens with zero attached hydrogens (tertiary/aromatic N) is 1. The minimum Gasteiger partial charge on any atom is -0.495 e. The van der Waals surface area contributed by atoms with Crippen molar-refractivity contribution in [3.05, 3.63) is 53.6 Å². The Hall–Kier alpha value is -3.46. The van der Waals surface area contributed by atoms with Gasteiger partial charge in [-0.15, -0.1) is 0 Å². The second-order valence-corrected chi connectivity index (χ2v) is 6.55. The number of benzene rings is 2. The summed E-state index contributed by atoms with van der Waals surface area (Å²) in [4.78, 5) is 12.2. The van der Waals surface area contributed by atoms with Crippen molar-refractivity contribution >= 4 is 17.2 Å². The fourth-order valence-corrected chi connectivity index (χ4v) is 3.03. The van der Waals surface area contributed by atoms with E-state index < -0.39 is 0 Å². The van der Waals surface area contributed by atoms with Crippen LogP contribution in [0.5, 0.6) is 17.2 Å². The van der Waals surface area contributed by atoms with Crippen LogP contribution in [0, 0.1) is 11.3 Å². The van der Waals surface area contributed by atoms with Gasteiger partial charge >= 0.3 is 0 Å². The first-order valence-corrected chi connectivity index (χ1v) is 9.97. The Morgan fingerprint density at radius 2 is 1.70 bits per heavy atom. The van der Waals surface area contributed by atoms with Crippen LogP contribution in [-0.2, 0) is 4.79 Å². The van der Waals surface area contributed by atoms with E-state index in [2.05, 4.69) is 11.4 Å². The number of methoxy groups -OCH3 is 2. The highest BCUT2D eigenvalue weighted by molar-refractivity contribution is 5.94. The van der Waals surface area contributed by atoms with Gasteiger partial charge in [-0.2, -0.15) is 5.26 Å². The van der Waals surface area contributed by atoms with Gasteiger partial charge in [0.05, 0.1) is 32.6 Å². The standard InChI is InChI=1S/C24H28N2O4/c1-5-7-8-24(27)26-20-15-17(9-11-21(20)28-3)19(13-14-25)18-10-12-22(29-4)23(16-18)30-6-2/h9-13,15-16H,5-8H2,1-4H3,(H,26,27). The van der Waals surface area contributed by atoms with Crippen LogP contribution in [0.3, 0.4) is 0 Å². The molecule has 30 heavy (non-hydrogen) atoms. The molecule has 0 aliphatic rings. The summed E-state index contributed by atoms with van der Waals surface area (Å²) in [6.45, 7) is 4.43. The summed E-state index contributed by atoms with van der Waals surface area (Å²) in [7, 11) is 3.14. The van der Waals surface area contributed by atoms with Gasteiger partial charge in [-0.3, -0.25) is 4.79 Å². The van der Waals surface area contributed by atoms with Gasteiger partial charge in [0.1, 0.15) is 5.75 Å². The molecule has 0 saturated heterocycles. The average molecular weight is 408 g/mol. The molecule has 0 heterocycles. The number of carbonyl (C=O) groups excluding carboxylic acids is 1. The van der Waals surface area contributed by atoms with Crippen LogP contribution >= 0.6 is 0 Å². The Bertz CT molecular complexity index is 945. The number of carbonyl (C=O) groups is 1. The van der Waals surface area contributed by atoms with Gasteiger partial charge in [-0.25, -0.2) is 0 Å². The first-order chi connectivity index (χ1) is 14.6. The Morgan fingerprint density at radius 1 is 1.03 bits per heavy atom. The van der Waals surface area contributed by atoms with Crippen LogP contribution in [0.15, 0.2) is 42.5 Å². The number of nitriles is 1. The number of hydrogen-bond donors (Lipinski definition) is 1. The molecular formula is C24H28N2O4. The highest BCUT2D eigenvalue weighted by Gasteiger charge is 2.14. The molecule has 0 atom stereocenters. The van der Waals surface area contributed by atoms with E-state index in [9.17, 15) is 10.1 Å². The third kappa shape index (κ3) is 5.77. The van der Waals surface area contributed by atoms with Crippen molar-refractivity contribution < 1.29 is 19.0 Å². The van der Waals surface area contributed by atoms with E-state index in [1.54, 1.807) is 20.3 Å². The molecule has 6 heteroatoms. The van der Waals surface area contributed by atoms with Crippen LogP contribution in [0.1, 0.15) is 44.2 Å². The van der Waals surface area contributed by atoms with Crippen LogP contribution in [0.4, 0.5) is 5.69 Å². The van der Waals surface area contributed by atoms with E-state index in [1.807, 2.05) is 44.2 Å². The number of ether oxygens (including phenoxy) is 3. The molecule has 2 aromatic carbocycles. The summed E-state index contributed by atoms with van der Waals surface area (Å²) < 4.78 is 16.4. The van der Waals surface area contributed by atoms with Crippen molar-refractivity contribution in [2.75, 3.05) is 26.1 Å². The van der Waals surface area contributed by atoms with Gasteiger partial charge in [0.15, 0.2) is 11.5 Å². The van der Waals surface area contributed by atoms with Crippen molar-refractivity contribution in [1.29, 1.82) is 5.26 Å². The summed E-state index contributed by atoms with van der Waals surface area (Å²) in [5, 5.41) is 12.3. The van der Waals surface area contributed by atoms with Crippen LogP contribution in [0.25, 0.3) is 5.57 Å². The lowest BCUT2D eigenvalue weighted by molar-refractivity contribution is -0.116. The largest absolute Gasteiger partial charge is 0.495 e. The van der Waals surface area contributed by atoms with Gasteiger partial charge in [0.2, 0.25) is 5.91 Å². The predicted octanol–water partition coefficient (Wildman–Crippen LogP) is 5.19. The molecule has 0 unspecified atom stereocenters. The zero-order valence-corrected chi connectivity index (χ0v) is 18.0. The molecule has 158 valence electrons. The molecule has 0 aromatic heterocycles. The molecule has 0 spiro atoms. The van der Waals surface area contributed by atoms with Crippen molar-refractivity contribution in [2.24, 2.45) is 0 Å². The molecule has 0 aliphatic carbocycles. The second kappa shape index (κ2) is 11.5. The summed E-state index contributed by atoms with van der Waals surface area (Å²) in [6, 6.07) is 13.1. The average Bonchev–Trinajstić information content (AvgIpc) is 2.76. The third-order valence-electron chi connectivity index (χ3n) is 4.53. The number of nitrogens with one attached hydrogen (secondary N) is 1. The van der Waals surface area contributed by atoms with Crippen molar-refractivity contribution in [3.63, 3.8) is 0 Å². The molecule has 0 radical (unpaired) electrons. The number of amides is 1. The minimum atomic E-state index is -0.0683. The zero-order valence-electron chi connectivity index (χ0n) is 18.0. The number of allylic oxidation sites excluding steroid dienone is 1. The van der Waals surface area contributed by atoms with Crippen LogP contribution in [0.2, 0.25) is 0 Å². The lowest BCUT2D eigenvalue weighted by atomic mass is 9.96. The topological polar surface area (TPSA) is 80.6 Å². The molecular weight excluding hydrogens is 380 g/mol. The molecule has 2 rings (SSSR count). The summed E-state index contributed by atoms with van der Waals surface area (Å²) in [5.41, 5.74) is 2.84. The van der Waals surface area contributed by atoms with Gasteiger partial charge in [-0.05, 0) is 54.3 Å². The molecule has 1 amide bonds. The summed E-state index contributed by atoms with van der Waals surface area (Å²) in [5.74, 6) is 1.71. The quantitative estimate of drug-likeness (QED) is 0.548. The van der Waals surface area contributed by atoms with E-state index in [0.717, 1.165) is 24.0 Å². The Labute approximate surface area is 178 Å². The van der Waals surface area contributed by atoms with Gasteiger partial charge in [0, 0.05) is 12.5 Å². The highest BCUT2D eigenvalue weighted by Crippen LogP contribution is 2.35. The van der Waals surface area contributed by atoms with Crippen LogP contribution < -0.4 is 19.5 Å². The Morgan fingerprint density at radius 3 is 2.30 bits per heavy atom. The lowest BCUT2D eigenvalue weighted by Gasteiger charge is -2.15. The number of hydrogen-bond acceptors (Lipinski definition) is 5. The van der Waals surface area contributed by atoms with Gasteiger partial charge in [-0.1, -0.05) is 25.5 Å².